The summed E-state index contributed by atoms with van der Waals surface area (Å²) in [5.74, 6) is 0. The smallest absolute Gasteiger partial charge is 0.107 e. The van der Waals surface area contributed by atoms with E-state index in [0.717, 1.165) is 0 Å². The van der Waals surface area contributed by atoms with Crippen LogP contribution in [0.15, 0.2) is 0 Å². The first kappa shape index (κ1) is 41.7. The van der Waals surface area contributed by atoms with Crippen LogP contribution in [0.1, 0.15) is 213 Å². The minimum atomic E-state index is -1.09. The van der Waals surface area contributed by atoms with Gasteiger partial charge in [-0.25, -0.2) is 0 Å². The van der Waals surface area contributed by atoms with Crippen molar-refractivity contribution in [3.05, 3.63) is 0 Å². The molecule has 0 atom stereocenters. The second-order valence-electron chi connectivity index (χ2n) is 12.5. The third-order valence-electron chi connectivity index (χ3n) is 8.65. The zero-order chi connectivity index (χ0) is 26.9. The molecule has 0 amide bonds. The second-order valence-corrected chi connectivity index (χ2v) is 21.1. The molecular weight excluding hydrogens is 678 g/mol. The van der Waals surface area contributed by atoms with Gasteiger partial charge in [0.05, 0.1) is 0 Å². The summed E-state index contributed by atoms with van der Waals surface area (Å²) in [5.41, 5.74) is 0. The van der Waals surface area contributed by atoms with Crippen LogP contribution >= 0.6 is 24.0 Å². The van der Waals surface area contributed by atoms with Crippen LogP contribution in [0.2, 0.25) is 13.3 Å². The quantitative estimate of drug-likeness (QED) is 0.0356. The second kappa shape index (κ2) is 38.5. The predicted molar refractivity (Wildman–Crippen MR) is 191 cm³/mol. The Morgan fingerprint density at radius 1 is 0.237 bits per heavy atom. The van der Waals surface area contributed by atoms with Crippen LogP contribution in [0.25, 0.3) is 0 Å². The SMILES string of the molecule is CCCCCCCCCCC[CH2][Sn]([CH2]CCCCCCCCCCC)[CH2]CCCCCCCCCCC.I. The van der Waals surface area contributed by atoms with Crippen molar-refractivity contribution in [2.24, 2.45) is 0 Å². The molecule has 0 unspecified atom stereocenters. The van der Waals surface area contributed by atoms with Crippen LogP contribution in [-0.2, 0) is 0 Å². The summed E-state index contributed by atoms with van der Waals surface area (Å²) in [6.07, 6.45) is 45.0. The topological polar surface area (TPSA) is 0 Å². The molecule has 0 aliphatic carbocycles. The first-order valence-corrected chi connectivity index (χ1v) is 24.2. The van der Waals surface area contributed by atoms with Crippen LogP contribution in [-0.4, -0.2) is 19.8 Å². The number of halogens is 1. The van der Waals surface area contributed by atoms with Crippen molar-refractivity contribution in [1.82, 2.24) is 0 Å². The fourth-order valence-electron chi connectivity index (χ4n) is 5.96. The molecule has 0 fully saturated rings. The normalized spacial score (nSPS) is 11.4. The zero-order valence-corrected chi connectivity index (χ0v) is 32.4. The Hall–Kier alpha value is 1.53. The Bertz CT molecular complexity index is 328. The Morgan fingerprint density at radius 3 is 0.579 bits per heavy atom. The van der Waals surface area contributed by atoms with E-state index < -0.39 is 19.8 Å². The minimum Gasteiger partial charge on any atom is -0.107 e. The molecule has 0 aliphatic heterocycles. The Kier molecular flexibility index (Phi) is 42.2. The zero-order valence-electron chi connectivity index (χ0n) is 27.2. The fourth-order valence-corrected chi connectivity index (χ4v) is 14.5. The average molecular weight is 755 g/mol. The first-order valence-electron chi connectivity index (χ1n) is 18.2. The monoisotopic (exact) mass is 755 g/mol. The summed E-state index contributed by atoms with van der Waals surface area (Å²) in [4.78, 5) is 0. The van der Waals surface area contributed by atoms with Gasteiger partial charge in [0.25, 0.3) is 0 Å². The molecule has 0 aromatic heterocycles. The van der Waals surface area contributed by atoms with Gasteiger partial charge in [-0.3, -0.25) is 0 Å². The molecule has 0 aromatic rings. The van der Waals surface area contributed by atoms with E-state index >= 15 is 0 Å². The van der Waals surface area contributed by atoms with E-state index in [9.17, 15) is 0 Å². The fraction of sp³-hybridized carbons (Fsp3) is 1.00. The maximum absolute atomic E-state index is 2.32. The van der Waals surface area contributed by atoms with Crippen LogP contribution < -0.4 is 0 Å². The van der Waals surface area contributed by atoms with E-state index in [4.69, 9.17) is 0 Å². The summed E-state index contributed by atoms with van der Waals surface area (Å²) in [6.45, 7) is 6.97. The van der Waals surface area contributed by atoms with Crippen molar-refractivity contribution in [2.45, 2.75) is 227 Å². The standard InChI is InChI=1S/3C12H25.HI.Sn/c3*1-3-5-7-9-11-12-10-8-6-4-2;;/h3*1,3-12H2,2H3;1H;. The van der Waals surface area contributed by atoms with Gasteiger partial charge in [0, 0.05) is 0 Å². The molecule has 231 valence electrons. The van der Waals surface area contributed by atoms with Gasteiger partial charge in [-0.2, -0.15) is 0 Å². The third-order valence-corrected chi connectivity index (χ3v) is 17.7. The Morgan fingerprint density at radius 2 is 0.395 bits per heavy atom. The Labute approximate surface area is 268 Å². The molecule has 0 nitrogen and oxygen atoms in total. The van der Waals surface area contributed by atoms with Crippen LogP contribution in [0, 0.1) is 0 Å². The van der Waals surface area contributed by atoms with Crippen molar-refractivity contribution in [1.29, 1.82) is 0 Å². The molecule has 38 heavy (non-hydrogen) atoms. The van der Waals surface area contributed by atoms with Gasteiger partial charge >= 0.3 is 246 Å². The molecule has 0 saturated heterocycles. The molecule has 0 bridgehead atoms. The summed E-state index contributed by atoms with van der Waals surface area (Å²) >= 11 is -1.09. The van der Waals surface area contributed by atoms with E-state index in [-0.39, 0.29) is 24.0 Å². The summed E-state index contributed by atoms with van der Waals surface area (Å²) in [7, 11) is 0. The summed E-state index contributed by atoms with van der Waals surface area (Å²) < 4.78 is 5.19. The van der Waals surface area contributed by atoms with Crippen LogP contribution in [0.3, 0.4) is 0 Å². The van der Waals surface area contributed by atoms with Gasteiger partial charge in [-0.05, 0) is 0 Å². The van der Waals surface area contributed by atoms with Gasteiger partial charge in [0.2, 0.25) is 0 Å². The maximum atomic E-state index is 2.32. The Balaban J connectivity index is 0. The molecule has 0 N–H and O–H groups in total. The molecule has 0 aromatic carbocycles. The van der Waals surface area contributed by atoms with Crippen molar-refractivity contribution in [3.63, 3.8) is 0 Å². The molecule has 0 spiro atoms. The molecular formula is C36H76ISn. The van der Waals surface area contributed by atoms with Gasteiger partial charge < -0.3 is 0 Å². The molecule has 0 heterocycles. The number of hydrogen-bond acceptors (Lipinski definition) is 0. The third kappa shape index (κ3) is 35.6. The van der Waals surface area contributed by atoms with Crippen molar-refractivity contribution in [2.75, 3.05) is 0 Å². The van der Waals surface area contributed by atoms with Crippen LogP contribution in [0.4, 0.5) is 0 Å². The molecule has 0 saturated carbocycles. The first-order chi connectivity index (χ1) is 18.3. The van der Waals surface area contributed by atoms with Gasteiger partial charge in [-0.15, -0.1) is 24.0 Å². The minimum absolute atomic E-state index is 0. The van der Waals surface area contributed by atoms with Crippen molar-refractivity contribution < 1.29 is 0 Å². The van der Waals surface area contributed by atoms with Gasteiger partial charge in [0.15, 0.2) is 0 Å². The number of unbranched alkanes of at least 4 members (excludes halogenated alkanes) is 27. The van der Waals surface area contributed by atoms with Crippen molar-refractivity contribution >= 4 is 43.7 Å². The number of rotatable bonds is 33. The average Bonchev–Trinajstić information content (AvgIpc) is 2.91. The molecule has 0 aliphatic rings. The number of hydrogen-bond donors (Lipinski definition) is 0. The molecule has 1 radical (unpaired) electrons. The summed E-state index contributed by atoms with van der Waals surface area (Å²) in [6, 6.07) is 0. The van der Waals surface area contributed by atoms with E-state index in [2.05, 4.69) is 20.8 Å². The summed E-state index contributed by atoms with van der Waals surface area (Å²) in [5, 5.41) is 0. The van der Waals surface area contributed by atoms with E-state index in [0.29, 0.717) is 0 Å². The van der Waals surface area contributed by atoms with Gasteiger partial charge in [0.1, 0.15) is 0 Å². The van der Waals surface area contributed by atoms with Crippen LogP contribution in [0.5, 0.6) is 0 Å². The predicted octanol–water partition coefficient (Wildman–Crippen LogP) is 14.9. The molecule has 2 heteroatoms. The van der Waals surface area contributed by atoms with Crippen molar-refractivity contribution in [3.8, 4) is 0 Å². The van der Waals surface area contributed by atoms with Gasteiger partial charge in [-0.1, -0.05) is 0 Å². The van der Waals surface area contributed by atoms with E-state index in [1.54, 1.807) is 51.8 Å². The van der Waals surface area contributed by atoms with E-state index in [1.165, 1.54) is 154 Å². The molecule has 0 rings (SSSR count). The van der Waals surface area contributed by atoms with E-state index in [1.807, 2.05) is 0 Å².